The van der Waals surface area contributed by atoms with Gasteiger partial charge in [0.2, 0.25) is 0 Å². The summed E-state index contributed by atoms with van der Waals surface area (Å²) >= 11 is 5.82. The quantitative estimate of drug-likeness (QED) is 0.866. The minimum Gasteiger partial charge on any atom is -0.316 e. The summed E-state index contributed by atoms with van der Waals surface area (Å²) in [6, 6.07) is 5.22. The molecule has 2 nitrogen and oxygen atoms in total. The summed E-state index contributed by atoms with van der Waals surface area (Å²) < 4.78 is 13.1. The molecule has 2 N–H and O–H groups in total. The van der Waals surface area contributed by atoms with Crippen LogP contribution in [0.4, 0.5) is 4.39 Å². The monoisotopic (exact) mass is 256 g/mol. The van der Waals surface area contributed by atoms with Gasteiger partial charge in [-0.2, -0.15) is 0 Å². The second kappa shape index (κ2) is 5.80. The van der Waals surface area contributed by atoms with Crippen molar-refractivity contribution in [1.82, 2.24) is 10.6 Å². The van der Waals surface area contributed by atoms with E-state index in [-0.39, 0.29) is 16.9 Å². The molecule has 0 aliphatic carbocycles. The summed E-state index contributed by atoms with van der Waals surface area (Å²) in [6.45, 7) is 2.18. The number of rotatable bonds is 4. The minimum atomic E-state index is -0.354. The molecule has 0 spiro atoms. The van der Waals surface area contributed by atoms with Crippen LogP contribution in [-0.2, 0) is 0 Å². The molecule has 2 unspecified atom stereocenters. The molecule has 0 saturated carbocycles. The van der Waals surface area contributed by atoms with Crippen LogP contribution in [0.2, 0.25) is 5.02 Å². The molecule has 0 radical (unpaired) electrons. The van der Waals surface area contributed by atoms with Gasteiger partial charge < -0.3 is 10.6 Å². The second-order valence-corrected chi connectivity index (χ2v) is 5.02. The van der Waals surface area contributed by atoms with E-state index in [1.165, 1.54) is 12.5 Å². The van der Waals surface area contributed by atoms with E-state index in [9.17, 15) is 4.39 Å². The van der Waals surface area contributed by atoms with Gasteiger partial charge in [-0.15, -0.1) is 0 Å². The highest BCUT2D eigenvalue weighted by atomic mass is 35.5. The largest absolute Gasteiger partial charge is 0.316 e. The van der Waals surface area contributed by atoms with Crippen LogP contribution in [-0.4, -0.2) is 20.1 Å². The van der Waals surface area contributed by atoms with Gasteiger partial charge >= 0.3 is 0 Å². The number of halogens is 2. The normalized spacial score (nSPS) is 21.7. The number of hydrogen-bond donors (Lipinski definition) is 2. The van der Waals surface area contributed by atoms with Crippen molar-refractivity contribution in [3.8, 4) is 0 Å². The van der Waals surface area contributed by atoms with Gasteiger partial charge in [0.15, 0.2) is 0 Å². The van der Waals surface area contributed by atoms with Crippen LogP contribution in [0.3, 0.4) is 0 Å². The molecule has 1 fully saturated rings. The van der Waals surface area contributed by atoms with Crippen molar-refractivity contribution in [2.24, 2.45) is 5.92 Å². The van der Waals surface area contributed by atoms with Gasteiger partial charge in [-0.05, 0) is 56.6 Å². The van der Waals surface area contributed by atoms with Crippen LogP contribution >= 0.6 is 11.6 Å². The van der Waals surface area contributed by atoms with Crippen LogP contribution in [0.25, 0.3) is 0 Å². The van der Waals surface area contributed by atoms with Crippen molar-refractivity contribution in [3.05, 3.63) is 34.6 Å². The average Bonchev–Trinajstić information content (AvgIpc) is 2.82. The predicted octanol–water partition coefficient (Wildman–Crippen LogP) is 2.74. The molecule has 1 aromatic rings. The van der Waals surface area contributed by atoms with Crippen LogP contribution in [0.15, 0.2) is 18.2 Å². The zero-order valence-electron chi connectivity index (χ0n) is 9.97. The van der Waals surface area contributed by atoms with Crippen LogP contribution < -0.4 is 10.6 Å². The van der Waals surface area contributed by atoms with Gasteiger partial charge in [-0.3, -0.25) is 0 Å². The Morgan fingerprint density at radius 2 is 2.41 bits per heavy atom. The maximum absolute atomic E-state index is 13.1. The zero-order chi connectivity index (χ0) is 12.3. The molecular weight excluding hydrogens is 239 g/mol. The Hall–Kier alpha value is -0.640. The van der Waals surface area contributed by atoms with Crippen LogP contribution in [0.1, 0.15) is 24.4 Å². The summed E-state index contributed by atoms with van der Waals surface area (Å²) in [5, 5.41) is 6.84. The van der Waals surface area contributed by atoms with Gasteiger partial charge in [-0.25, -0.2) is 4.39 Å². The lowest BCUT2D eigenvalue weighted by atomic mass is 9.94. The summed E-state index contributed by atoms with van der Waals surface area (Å²) in [7, 11) is 1.93. The first-order chi connectivity index (χ1) is 8.20. The number of nitrogens with one attached hydrogen (secondary N) is 2. The van der Waals surface area contributed by atoms with Crippen molar-refractivity contribution in [1.29, 1.82) is 0 Å². The molecule has 2 rings (SSSR count). The lowest BCUT2D eigenvalue weighted by Crippen LogP contribution is -2.21. The Labute approximate surface area is 107 Å². The lowest BCUT2D eigenvalue weighted by molar-refractivity contribution is 0.430. The third-order valence-electron chi connectivity index (χ3n) is 3.43. The molecule has 1 heterocycles. The van der Waals surface area contributed by atoms with Crippen molar-refractivity contribution in [2.45, 2.75) is 18.9 Å². The molecule has 2 atom stereocenters. The maximum atomic E-state index is 13.1. The van der Waals surface area contributed by atoms with Gasteiger partial charge in [0.05, 0.1) is 5.02 Å². The molecule has 1 aromatic carbocycles. The van der Waals surface area contributed by atoms with Crippen molar-refractivity contribution in [3.63, 3.8) is 0 Å². The molecule has 0 amide bonds. The zero-order valence-corrected chi connectivity index (χ0v) is 10.7. The van der Waals surface area contributed by atoms with Crippen LogP contribution in [0, 0.1) is 11.7 Å². The molecule has 4 heteroatoms. The highest BCUT2D eigenvalue weighted by Crippen LogP contribution is 2.27. The van der Waals surface area contributed by atoms with E-state index in [1.54, 1.807) is 6.07 Å². The molecule has 0 aromatic heterocycles. The average molecular weight is 257 g/mol. The van der Waals surface area contributed by atoms with Gasteiger partial charge in [0, 0.05) is 6.04 Å². The Morgan fingerprint density at radius 1 is 1.59 bits per heavy atom. The summed E-state index contributed by atoms with van der Waals surface area (Å²) in [4.78, 5) is 0. The molecular formula is C13H18ClFN2. The van der Waals surface area contributed by atoms with Crippen molar-refractivity contribution >= 4 is 11.6 Å². The third kappa shape index (κ3) is 3.18. The Kier molecular flexibility index (Phi) is 4.37. The summed E-state index contributed by atoms with van der Waals surface area (Å²) in [5.41, 5.74) is 1.06. The molecule has 1 saturated heterocycles. The van der Waals surface area contributed by atoms with Gasteiger partial charge in [-0.1, -0.05) is 17.7 Å². The predicted molar refractivity (Wildman–Crippen MR) is 68.8 cm³/mol. The maximum Gasteiger partial charge on any atom is 0.141 e. The van der Waals surface area contributed by atoms with E-state index in [1.807, 2.05) is 13.1 Å². The first-order valence-corrected chi connectivity index (χ1v) is 6.41. The van der Waals surface area contributed by atoms with E-state index >= 15 is 0 Å². The van der Waals surface area contributed by atoms with E-state index in [0.717, 1.165) is 25.1 Å². The molecule has 94 valence electrons. The van der Waals surface area contributed by atoms with Gasteiger partial charge in [0.25, 0.3) is 0 Å². The SMILES string of the molecule is CNC(CC1CCNC1)c1ccc(F)c(Cl)c1. The number of hydrogen-bond acceptors (Lipinski definition) is 2. The number of benzene rings is 1. The second-order valence-electron chi connectivity index (χ2n) is 4.61. The smallest absolute Gasteiger partial charge is 0.141 e. The highest BCUT2D eigenvalue weighted by molar-refractivity contribution is 6.30. The molecule has 1 aliphatic rings. The fraction of sp³-hybridized carbons (Fsp3) is 0.538. The third-order valence-corrected chi connectivity index (χ3v) is 3.72. The molecule has 17 heavy (non-hydrogen) atoms. The Balaban J connectivity index is 2.08. The van der Waals surface area contributed by atoms with E-state index in [0.29, 0.717) is 5.92 Å². The molecule has 1 aliphatic heterocycles. The van der Waals surface area contributed by atoms with E-state index < -0.39 is 0 Å². The van der Waals surface area contributed by atoms with Crippen molar-refractivity contribution in [2.75, 3.05) is 20.1 Å². The highest BCUT2D eigenvalue weighted by Gasteiger charge is 2.20. The standard InChI is InChI=1S/C13H18ClFN2/c1-16-13(6-9-4-5-17-8-9)10-2-3-12(15)11(14)7-10/h2-3,7,9,13,16-17H,4-6,8H2,1H3. The summed E-state index contributed by atoms with van der Waals surface area (Å²) in [5.74, 6) is 0.337. The van der Waals surface area contributed by atoms with E-state index in [2.05, 4.69) is 10.6 Å². The molecule has 0 bridgehead atoms. The van der Waals surface area contributed by atoms with Gasteiger partial charge in [0.1, 0.15) is 5.82 Å². The fourth-order valence-electron chi connectivity index (χ4n) is 2.40. The summed E-state index contributed by atoms with van der Waals surface area (Å²) in [6.07, 6.45) is 2.28. The Bertz CT molecular complexity index is 378. The minimum absolute atomic E-state index is 0.201. The first kappa shape index (κ1) is 12.8. The Morgan fingerprint density at radius 3 is 3.00 bits per heavy atom. The van der Waals surface area contributed by atoms with Crippen molar-refractivity contribution < 1.29 is 4.39 Å². The van der Waals surface area contributed by atoms with E-state index in [4.69, 9.17) is 11.6 Å². The first-order valence-electron chi connectivity index (χ1n) is 6.03. The topological polar surface area (TPSA) is 24.1 Å². The lowest BCUT2D eigenvalue weighted by Gasteiger charge is -2.20. The van der Waals surface area contributed by atoms with Crippen LogP contribution in [0.5, 0.6) is 0 Å². The fourth-order valence-corrected chi connectivity index (χ4v) is 2.59.